The monoisotopic (exact) mass is 606 g/mol. The average molecular weight is 607 g/mol. The van der Waals surface area contributed by atoms with Gasteiger partial charge < -0.3 is 30.4 Å². The number of aromatic amines is 1. The summed E-state index contributed by atoms with van der Waals surface area (Å²) in [5, 5.41) is 3.81. The van der Waals surface area contributed by atoms with Gasteiger partial charge in [0.05, 0.1) is 6.61 Å². The van der Waals surface area contributed by atoms with Crippen molar-refractivity contribution in [2.75, 3.05) is 38.4 Å². The van der Waals surface area contributed by atoms with Gasteiger partial charge in [0.25, 0.3) is 0 Å². The highest BCUT2D eigenvalue weighted by Crippen LogP contribution is 2.38. The van der Waals surface area contributed by atoms with Crippen LogP contribution < -0.4 is 11.1 Å². The molecule has 236 valence electrons. The molecule has 9 nitrogen and oxygen atoms in total. The second-order valence-electron chi connectivity index (χ2n) is 11.9. The zero-order valence-corrected chi connectivity index (χ0v) is 25.3. The van der Waals surface area contributed by atoms with Crippen LogP contribution in [-0.4, -0.2) is 72.8 Å². The van der Waals surface area contributed by atoms with Gasteiger partial charge in [0.2, 0.25) is 11.8 Å². The number of alkyl halides is 1. The van der Waals surface area contributed by atoms with Crippen LogP contribution in [0.1, 0.15) is 67.4 Å². The van der Waals surface area contributed by atoms with Gasteiger partial charge in [0, 0.05) is 60.6 Å². The van der Waals surface area contributed by atoms with Crippen LogP contribution in [0.25, 0.3) is 10.9 Å². The molecule has 44 heavy (non-hydrogen) atoms. The standard InChI is InChI=1S/C34H43FN4O5/c1-2-43-17-6-18-44-34(42)30-20-25-19-26(13-14-29(25)38-30)37-32(40)31-27(22-7-4-3-5-8-22)15-16-39(31)33(41)24-11-9-23(10-12-24)28(36)21-35/h3-5,7-8,13-14,19-20,23-24,27-28,31,38H,2,6,9-12,15-18,21,36H2,1H3,(H,37,40)/t23?,24?,27-,28-,31+/m1/s1. The summed E-state index contributed by atoms with van der Waals surface area (Å²) in [5.41, 5.74) is 8.61. The average Bonchev–Trinajstić information content (AvgIpc) is 3.69. The number of H-pyrrole nitrogens is 1. The second-order valence-corrected chi connectivity index (χ2v) is 11.9. The number of fused-ring (bicyclic) bond motifs is 1. The summed E-state index contributed by atoms with van der Waals surface area (Å²) in [4.78, 5) is 45.2. The van der Waals surface area contributed by atoms with E-state index >= 15 is 0 Å². The van der Waals surface area contributed by atoms with Gasteiger partial charge in [-0.2, -0.15) is 0 Å². The number of carbonyl (C=O) groups excluding carboxylic acids is 3. The van der Waals surface area contributed by atoms with Crippen molar-refractivity contribution in [1.29, 1.82) is 0 Å². The van der Waals surface area contributed by atoms with Gasteiger partial charge in [-0.25, -0.2) is 9.18 Å². The van der Waals surface area contributed by atoms with E-state index in [0.29, 0.717) is 69.7 Å². The van der Waals surface area contributed by atoms with Gasteiger partial charge in [0.1, 0.15) is 18.4 Å². The molecule has 1 saturated heterocycles. The van der Waals surface area contributed by atoms with Crippen LogP contribution in [0, 0.1) is 11.8 Å². The number of amides is 2. The molecular formula is C34H43FN4O5. The molecule has 2 fully saturated rings. The Labute approximate surface area is 257 Å². The first-order chi connectivity index (χ1) is 21.4. The van der Waals surface area contributed by atoms with Crippen LogP contribution in [0.5, 0.6) is 0 Å². The lowest BCUT2D eigenvalue weighted by molar-refractivity contribution is -0.141. The predicted molar refractivity (Wildman–Crippen MR) is 167 cm³/mol. The first kappa shape index (κ1) is 31.7. The third-order valence-electron chi connectivity index (χ3n) is 9.06. The van der Waals surface area contributed by atoms with Gasteiger partial charge in [-0.15, -0.1) is 0 Å². The highest BCUT2D eigenvalue weighted by atomic mass is 19.1. The molecule has 0 bridgehead atoms. The number of hydrogen-bond donors (Lipinski definition) is 3. The van der Waals surface area contributed by atoms with Gasteiger partial charge in [-0.05, 0) is 74.8 Å². The molecule has 1 aromatic heterocycles. The number of hydrogen-bond acceptors (Lipinski definition) is 6. The number of anilines is 1. The molecule has 5 rings (SSSR count). The molecule has 2 aliphatic rings. The molecular weight excluding hydrogens is 563 g/mol. The minimum Gasteiger partial charge on any atom is -0.461 e. The molecule has 1 saturated carbocycles. The van der Waals surface area contributed by atoms with E-state index in [-0.39, 0.29) is 36.2 Å². The summed E-state index contributed by atoms with van der Waals surface area (Å²) < 4.78 is 23.8. The lowest BCUT2D eigenvalue weighted by atomic mass is 9.78. The Morgan fingerprint density at radius 3 is 2.55 bits per heavy atom. The van der Waals surface area contributed by atoms with E-state index in [4.69, 9.17) is 15.2 Å². The number of nitrogens with one attached hydrogen (secondary N) is 2. The maximum atomic E-state index is 14.0. The number of nitrogens with zero attached hydrogens (tertiary/aromatic N) is 1. The van der Waals surface area contributed by atoms with Gasteiger partial charge in [-0.3, -0.25) is 9.59 Å². The number of esters is 1. The summed E-state index contributed by atoms with van der Waals surface area (Å²) >= 11 is 0. The van der Waals surface area contributed by atoms with Gasteiger partial charge >= 0.3 is 5.97 Å². The Morgan fingerprint density at radius 2 is 1.82 bits per heavy atom. The molecule has 2 heterocycles. The van der Waals surface area contributed by atoms with Gasteiger partial charge in [-0.1, -0.05) is 30.3 Å². The third kappa shape index (κ3) is 7.30. The molecule has 2 aromatic carbocycles. The van der Waals surface area contributed by atoms with Crippen LogP contribution in [0.4, 0.5) is 10.1 Å². The van der Waals surface area contributed by atoms with Crippen molar-refractivity contribution >= 4 is 34.4 Å². The summed E-state index contributed by atoms with van der Waals surface area (Å²) in [6.07, 6.45) is 4.04. The van der Waals surface area contributed by atoms with Crippen LogP contribution in [0.2, 0.25) is 0 Å². The largest absolute Gasteiger partial charge is 0.461 e. The summed E-state index contributed by atoms with van der Waals surface area (Å²) in [5.74, 6) is -0.962. The van der Waals surface area contributed by atoms with E-state index in [0.717, 1.165) is 16.5 Å². The first-order valence-corrected chi connectivity index (χ1v) is 15.7. The van der Waals surface area contributed by atoms with Crippen molar-refractivity contribution in [1.82, 2.24) is 9.88 Å². The molecule has 3 aromatic rings. The summed E-state index contributed by atoms with van der Waals surface area (Å²) in [6.45, 7) is 3.28. The molecule has 0 spiro atoms. The molecule has 0 unspecified atom stereocenters. The number of halogens is 1. The Hall–Kier alpha value is -3.76. The SMILES string of the molecule is CCOCCCOC(=O)c1cc2cc(NC(=O)[C@@H]3[C@@H](c4ccccc4)CCN3C(=O)C3CCC([C@H](N)CF)CC3)ccc2[nH]1. The third-order valence-corrected chi connectivity index (χ3v) is 9.06. The predicted octanol–water partition coefficient (Wildman–Crippen LogP) is 5.18. The zero-order chi connectivity index (χ0) is 31.1. The number of ether oxygens (including phenoxy) is 2. The maximum absolute atomic E-state index is 14.0. The minimum atomic E-state index is -0.667. The lowest BCUT2D eigenvalue weighted by Crippen LogP contribution is -2.48. The Balaban J connectivity index is 1.29. The number of carbonyl (C=O) groups is 3. The number of aromatic nitrogens is 1. The molecule has 2 amide bonds. The smallest absolute Gasteiger partial charge is 0.354 e. The fraction of sp³-hybridized carbons (Fsp3) is 0.500. The zero-order valence-electron chi connectivity index (χ0n) is 25.3. The van der Waals surface area contributed by atoms with Crippen LogP contribution in [0.15, 0.2) is 54.6 Å². The van der Waals surface area contributed by atoms with Crippen LogP contribution >= 0.6 is 0 Å². The first-order valence-electron chi connectivity index (χ1n) is 15.7. The topological polar surface area (TPSA) is 127 Å². The fourth-order valence-corrected chi connectivity index (χ4v) is 6.65. The number of likely N-dealkylation sites (tertiary alicyclic amines) is 1. The van der Waals surface area contributed by atoms with E-state index < -0.39 is 24.7 Å². The normalized spacial score (nSPS) is 22.6. The Kier molecular flexibility index (Phi) is 10.7. The lowest BCUT2D eigenvalue weighted by Gasteiger charge is -2.35. The molecule has 1 aliphatic heterocycles. The van der Waals surface area contributed by atoms with E-state index in [9.17, 15) is 18.8 Å². The van der Waals surface area contributed by atoms with Crippen LogP contribution in [0.3, 0.4) is 0 Å². The molecule has 10 heteroatoms. The van der Waals surface area contributed by atoms with Crippen molar-refractivity contribution < 1.29 is 28.2 Å². The Bertz CT molecular complexity index is 1420. The maximum Gasteiger partial charge on any atom is 0.354 e. The fourth-order valence-electron chi connectivity index (χ4n) is 6.65. The van der Waals surface area contributed by atoms with E-state index in [1.54, 1.807) is 17.0 Å². The van der Waals surface area contributed by atoms with E-state index in [2.05, 4.69) is 10.3 Å². The van der Waals surface area contributed by atoms with Gasteiger partial charge in [0.15, 0.2) is 0 Å². The van der Waals surface area contributed by atoms with Crippen molar-refractivity contribution in [3.8, 4) is 0 Å². The quantitative estimate of drug-likeness (QED) is 0.193. The summed E-state index contributed by atoms with van der Waals surface area (Å²) in [6, 6.07) is 15.8. The molecule has 4 N–H and O–H groups in total. The number of benzene rings is 2. The molecule has 1 aliphatic carbocycles. The molecule has 0 radical (unpaired) electrons. The van der Waals surface area contributed by atoms with Crippen molar-refractivity contribution in [3.05, 3.63) is 65.9 Å². The van der Waals surface area contributed by atoms with Crippen molar-refractivity contribution in [2.45, 2.75) is 63.5 Å². The Morgan fingerprint density at radius 1 is 1.05 bits per heavy atom. The van der Waals surface area contributed by atoms with Crippen molar-refractivity contribution in [2.24, 2.45) is 17.6 Å². The van der Waals surface area contributed by atoms with E-state index in [1.165, 1.54) is 0 Å². The van der Waals surface area contributed by atoms with E-state index in [1.807, 2.05) is 49.4 Å². The van der Waals surface area contributed by atoms with Crippen LogP contribution in [-0.2, 0) is 19.1 Å². The molecule has 3 atom stereocenters. The van der Waals surface area contributed by atoms with Crippen molar-refractivity contribution in [3.63, 3.8) is 0 Å². The number of rotatable bonds is 12. The second kappa shape index (κ2) is 14.8. The number of nitrogens with two attached hydrogens (primary N) is 1. The summed E-state index contributed by atoms with van der Waals surface area (Å²) in [7, 11) is 0. The highest BCUT2D eigenvalue weighted by molar-refractivity contribution is 6.01. The highest BCUT2D eigenvalue weighted by Gasteiger charge is 2.44. The minimum absolute atomic E-state index is 0.0126.